The van der Waals surface area contributed by atoms with Crippen LogP contribution in [0.1, 0.15) is 22.2 Å². The van der Waals surface area contributed by atoms with Gasteiger partial charge in [0.1, 0.15) is 11.5 Å². The Bertz CT molecular complexity index is 776. The number of rotatable bonds is 4. The van der Waals surface area contributed by atoms with Gasteiger partial charge in [0.25, 0.3) is 0 Å². The molecule has 2 heterocycles. The van der Waals surface area contributed by atoms with Crippen LogP contribution in [0.2, 0.25) is 0 Å². The summed E-state index contributed by atoms with van der Waals surface area (Å²) in [5, 5.41) is 1.93. The third-order valence-corrected chi connectivity index (χ3v) is 4.12. The van der Waals surface area contributed by atoms with Crippen LogP contribution in [-0.2, 0) is 9.53 Å². The molecule has 0 saturated heterocycles. The second-order valence-corrected chi connectivity index (χ2v) is 5.88. The van der Waals surface area contributed by atoms with E-state index in [1.807, 2.05) is 17.5 Å². The standard InChI is InChI=1S/C17H14O5S/c1-10(17(19)20-2)21-11-5-6-13-14(8-11)22-15(16(13)18)9-12-4-3-7-23-12/h3-10H,1-2H3/b15-9-/t10-/m1/s1. The normalized spacial score (nSPS) is 15.9. The summed E-state index contributed by atoms with van der Waals surface area (Å²) in [5.74, 6) is 0.501. The number of allylic oxidation sites excluding steroid dienone is 1. The Morgan fingerprint density at radius 3 is 2.87 bits per heavy atom. The number of ether oxygens (including phenoxy) is 3. The van der Waals surface area contributed by atoms with Crippen LogP contribution in [0.25, 0.3) is 6.08 Å². The van der Waals surface area contributed by atoms with E-state index in [2.05, 4.69) is 4.74 Å². The van der Waals surface area contributed by atoms with E-state index in [0.29, 0.717) is 17.1 Å². The molecule has 0 amide bonds. The number of Topliss-reactive ketones (excluding diaryl/α,β-unsaturated/α-hetero) is 1. The van der Waals surface area contributed by atoms with Gasteiger partial charge in [-0.3, -0.25) is 4.79 Å². The highest BCUT2D eigenvalue weighted by Gasteiger charge is 2.28. The van der Waals surface area contributed by atoms with Crippen LogP contribution >= 0.6 is 11.3 Å². The SMILES string of the molecule is COC(=O)[C@@H](C)Oc1ccc2c(c1)O/C(=C\c1cccs1)C2=O. The summed E-state index contributed by atoms with van der Waals surface area (Å²) >= 11 is 1.52. The van der Waals surface area contributed by atoms with Crippen molar-refractivity contribution in [1.29, 1.82) is 0 Å². The van der Waals surface area contributed by atoms with E-state index in [1.165, 1.54) is 18.4 Å². The smallest absolute Gasteiger partial charge is 0.346 e. The highest BCUT2D eigenvalue weighted by Crippen LogP contribution is 2.35. The van der Waals surface area contributed by atoms with E-state index >= 15 is 0 Å². The summed E-state index contributed by atoms with van der Waals surface area (Å²) < 4.78 is 15.7. The van der Waals surface area contributed by atoms with Crippen molar-refractivity contribution in [3.05, 3.63) is 51.9 Å². The number of hydrogen-bond donors (Lipinski definition) is 0. The summed E-state index contributed by atoms with van der Waals surface area (Å²) in [7, 11) is 1.30. The quantitative estimate of drug-likeness (QED) is 0.636. The van der Waals surface area contributed by atoms with Gasteiger partial charge in [-0.05, 0) is 30.5 Å². The number of fused-ring (bicyclic) bond motifs is 1. The molecule has 0 fully saturated rings. The van der Waals surface area contributed by atoms with Crippen LogP contribution in [-0.4, -0.2) is 25.0 Å². The maximum Gasteiger partial charge on any atom is 0.346 e. The van der Waals surface area contributed by atoms with E-state index in [0.717, 1.165) is 4.88 Å². The van der Waals surface area contributed by atoms with Gasteiger partial charge in [-0.25, -0.2) is 4.79 Å². The molecule has 6 heteroatoms. The molecule has 3 rings (SSSR count). The fourth-order valence-corrected chi connectivity index (χ4v) is 2.81. The first-order chi connectivity index (χ1) is 11.1. The van der Waals surface area contributed by atoms with Crippen molar-refractivity contribution < 1.29 is 23.8 Å². The van der Waals surface area contributed by atoms with Gasteiger partial charge in [-0.15, -0.1) is 11.3 Å². The summed E-state index contributed by atoms with van der Waals surface area (Å²) in [5.41, 5.74) is 0.478. The second kappa shape index (κ2) is 6.26. The molecule has 5 nitrogen and oxygen atoms in total. The first kappa shape index (κ1) is 15.3. The Hall–Kier alpha value is -2.60. The van der Waals surface area contributed by atoms with Crippen LogP contribution in [0, 0.1) is 0 Å². The van der Waals surface area contributed by atoms with Gasteiger partial charge in [-0.1, -0.05) is 6.07 Å². The molecule has 0 radical (unpaired) electrons. The molecule has 0 spiro atoms. The van der Waals surface area contributed by atoms with Crippen molar-refractivity contribution >= 4 is 29.2 Å². The number of methoxy groups -OCH3 is 1. The van der Waals surface area contributed by atoms with Crippen molar-refractivity contribution in [1.82, 2.24) is 0 Å². The minimum Gasteiger partial charge on any atom is -0.479 e. The van der Waals surface area contributed by atoms with Gasteiger partial charge < -0.3 is 14.2 Å². The molecule has 0 N–H and O–H groups in total. The fraction of sp³-hybridized carbons (Fsp3) is 0.176. The van der Waals surface area contributed by atoms with Crippen LogP contribution in [0.4, 0.5) is 0 Å². The van der Waals surface area contributed by atoms with Gasteiger partial charge in [0.15, 0.2) is 11.9 Å². The van der Waals surface area contributed by atoms with Gasteiger partial charge in [-0.2, -0.15) is 0 Å². The molecular weight excluding hydrogens is 316 g/mol. The molecule has 1 atom stereocenters. The first-order valence-corrected chi connectivity index (χ1v) is 7.82. The minimum atomic E-state index is -0.740. The fourth-order valence-electron chi connectivity index (χ4n) is 2.16. The molecule has 0 saturated carbocycles. The van der Waals surface area contributed by atoms with Crippen LogP contribution in [0.5, 0.6) is 11.5 Å². The molecule has 1 aliphatic heterocycles. The van der Waals surface area contributed by atoms with Crippen molar-refractivity contribution in [3.63, 3.8) is 0 Å². The van der Waals surface area contributed by atoms with Crippen molar-refractivity contribution in [2.45, 2.75) is 13.0 Å². The van der Waals surface area contributed by atoms with E-state index < -0.39 is 12.1 Å². The van der Waals surface area contributed by atoms with E-state index in [1.54, 1.807) is 31.2 Å². The molecule has 1 aliphatic rings. The van der Waals surface area contributed by atoms with Crippen molar-refractivity contribution in [3.8, 4) is 11.5 Å². The van der Waals surface area contributed by atoms with E-state index in [9.17, 15) is 9.59 Å². The molecule has 118 valence electrons. The highest BCUT2D eigenvalue weighted by atomic mass is 32.1. The zero-order valence-electron chi connectivity index (χ0n) is 12.6. The van der Waals surface area contributed by atoms with Gasteiger partial charge in [0.2, 0.25) is 5.78 Å². The lowest BCUT2D eigenvalue weighted by Gasteiger charge is -2.12. The third kappa shape index (κ3) is 3.12. The molecule has 1 aromatic heterocycles. The van der Waals surface area contributed by atoms with Crippen LogP contribution in [0.3, 0.4) is 0 Å². The zero-order chi connectivity index (χ0) is 16.4. The minimum absolute atomic E-state index is 0.166. The van der Waals surface area contributed by atoms with E-state index in [-0.39, 0.29) is 11.5 Å². The van der Waals surface area contributed by atoms with E-state index in [4.69, 9.17) is 9.47 Å². The molecular formula is C17H14O5S. The average Bonchev–Trinajstić information content (AvgIpc) is 3.15. The first-order valence-electron chi connectivity index (χ1n) is 6.95. The largest absolute Gasteiger partial charge is 0.479 e. The second-order valence-electron chi connectivity index (χ2n) is 4.90. The maximum atomic E-state index is 12.3. The average molecular weight is 330 g/mol. The lowest BCUT2D eigenvalue weighted by Crippen LogP contribution is -2.24. The predicted molar refractivity (Wildman–Crippen MR) is 85.8 cm³/mol. The Morgan fingerprint density at radius 1 is 1.35 bits per heavy atom. The Labute approximate surface area is 137 Å². The lowest BCUT2D eigenvalue weighted by molar-refractivity contribution is -0.147. The number of carbonyl (C=O) groups excluding carboxylic acids is 2. The zero-order valence-corrected chi connectivity index (χ0v) is 13.4. The molecule has 23 heavy (non-hydrogen) atoms. The highest BCUT2D eigenvalue weighted by molar-refractivity contribution is 7.10. The molecule has 0 aliphatic carbocycles. The van der Waals surface area contributed by atoms with Gasteiger partial charge in [0.05, 0.1) is 12.7 Å². The Balaban J connectivity index is 1.81. The third-order valence-electron chi connectivity index (χ3n) is 3.30. The number of ketones is 1. The van der Waals surface area contributed by atoms with Crippen molar-refractivity contribution in [2.24, 2.45) is 0 Å². The number of thiophene rings is 1. The number of hydrogen-bond acceptors (Lipinski definition) is 6. The van der Waals surface area contributed by atoms with Crippen molar-refractivity contribution in [2.75, 3.05) is 7.11 Å². The number of benzene rings is 1. The lowest BCUT2D eigenvalue weighted by atomic mass is 10.1. The van der Waals surface area contributed by atoms with Crippen LogP contribution < -0.4 is 9.47 Å². The Morgan fingerprint density at radius 2 is 2.17 bits per heavy atom. The predicted octanol–water partition coefficient (Wildman–Crippen LogP) is 3.30. The molecule has 0 unspecified atom stereocenters. The summed E-state index contributed by atoms with van der Waals surface area (Å²) in [6.45, 7) is 1.59. The topological polar surface area (TPSA) is 61.8 Å². The maximum absolute atomic E-state index is 12.3. The van der Waals surface area contributed by atoms with Gasteiger partial charge >= 0.3 is 5.97 Å². The molecule has 2 aromatic rings. The summed E-state index contributed by atoms with van der Waals surface area (Å²) in [6, 6.07) is 8.68. The van der Waals surface area contributed by atoms with Gasteiger partial charge in [0, 0.05) is 17.0 Å². The number of esters is 1. The molecule has 1 aromatic carbocycles. The molecule has 0 bridgehead atoms. The Kier molecular flexibility index (Phi) is 4.16. The monoisotopic (exact) mass is 330 g/mol. The van der Waals surface area contributed by atoms with Crippen LogP contribution in [0.15, 0.2) is 41.5 Å². The summed E-state index contributed by atoms with van der Waals surface area (Å²) in [6.07, 6.45) is 0.973. The summed E-state index contributed by atoms with van der Waals surface area (Å²) in [4.78, 5) is 24.6. The number of carbonyl (C=O) groups is 2.